The van der Waals surface area contributed by atoms with Gasteiger partial charge in [-0.3, -0.25) is 0 Å². The maximum atomic E-state index is 11.3. The summed E-state index contributed by atoms with van der Waals surface area (Å²) in [6.07, 6.45) is 1.16. The zero-order valence-corrected chi connectivity index (χ0v) is 10.5. The van der Waals surface area contributed by atoms with E-state index in [0.717, 1.165) is 6.26 Å². The molecule has 0 aliphatic heterocycles. The molecule has 0 heterocycles. The zero-order valence-electron chi connectivity index (χ0n) is 9.70. The number of aromatic hydroxyl groups is 1. The zero-order chi connectivity index (χ0) is 13.2. The summed E-state index contributed by atoms with van der Waals surface area (Å²) >= 11 is 0. The summed E-state index contributed by atoms with van der Waals surface area (Å²) in [7, 11) is -3.19. The second-order valence-electron chi connectivity index (χ2n) is 3.84. The Balaban J connectivity index is 2.18. The molecule has 0 amide bonds. The summed E-state index contributed by atoms with van der Waals surface area (Å²) in [5, 5.41) is 9.13. The summed E-state index contributed by atoms with van der Waals surface area (Å²) in [4.78, 5) is 0.251. The molecule has 18 heavy (non-hydrogen) atoms. The van der Waals surface area contributed by atoms with E-state index in [4.69, 9.17) is 9.84 Å². The van der Waals surface area contributed by atoms with Gasteiger partial charge < -0.3 is 9.84 Å². The molecule has 94 valence electrons. The number of ether oxygens (including phenoxy) is 1. The van der Waals surface area contributed by atoms with Crippen molar-refractivity contribution < 1.29 is 18.3 Å². The molecule has 0 saturated heterocycles. The van der Waals surface area contributed by atoms with Gasteiger partial charge in [0.25, 0.3) is 0 Å². The lowest BCUT2D eigenvalue weighted by molar-refractivity contribution is 0.464. The van der Waals surface area contributed by atoms with Crippen molar-refractivity contribution in [3.8, 4) is 17.2 Å². The standard InChI is InChI=1S/C13H12O4S/c1-18(15,16)13-8-6-12(7-9-13)17-11-4-2-10(14)3-5-11/h2-9,14H,1H3. The minimum Gasteiger partial charge on any atom is -0.508 e. The lowest BCUT2D eigenvalue weighted by Crippen LogP contribution is -1.96. The van der Waals surface area contributed by atoms with Crippen LogP contribution in [0.2, 0.25) is 0 Å². The average molecular weight is 264 g/mol. The number of phenols is 1. The third-order valence-electron chi connectivity index (χ3n) is 2.32. The Hall–Kier alpha value is -2.01. The monoisotopic (exact) mass is 264 g/mol. The van der Waals surface area contributed by atoms with Gasteiger partial charge in [-0.05, 0) is 48.5 Å². The largest absolute Gasteiger partial charge is 0.508 e. The van der Waals surface area contributed by atoms with Crippen LogP contribution < -0.4 is 4.74 Å². The molecule has 5 heteroatoms. The highest BCUT2D eigenvalue weighted by atomic mass is 32.2. The molecule has 0 unspecified atom stereocenters. The highest BCUT2D eigenvalue weighted by Gasteiger charge is 2.06. The van der Waals surface area contributed by atoms with E-state index in [9.17, 15) is 8.42 Å². The van der Waals surface area contributed by atoms with Gasteiger partial charge in [0, 0.05) is 6.26 Å². The van der Waals surface area contributed by atoms with Crippen LogP contribution in [0.1, 0.15) is 0 Å². The molecule has 0 aromatic heterocycles. The van der Waals surface area contributed by atoms with Gasteiger partial charge in [0.1, 0.15) is 17.2 Å². The first-order chi connectivity index (χ1) is 8.45. The molecule has 0 aliphatic rings. The molecule has 0 radical (unpaired) electrons. The highest BCUT2D eigenvalue weighted by molar-refractivity contribution is 7.90. The molecule has 0 saturated carbocycles. The third-order valence-corrected chi connectivity index (χ3v) is 3.45. The number of sulfone groups is 1. The van der Waals surface area contributed by atoms with Crippen LogP contribution in [0.15, 0.2) is 53.4 Å². The molecule has 0 fully saturated rings. The molecule has 0 bridgehead atoms. The number of hydrogen-bond acceptors (Lipinski definition) is 4. The van der Waals surface area contributed by atoms with Crippen molar-refractivity contribution in [3.63, 3.8) is 0 Å². The minimum absolute atomic E-state index is 0.162. The Bertz CT molecular complexity index is 628. The van der Waals surface area contributed by atoms with Crippen LogP contribution in [0, 0.1) is 0 Å². The summed E-state index contributed by atoms with van der Waals surface area (Å²) in [5.74, 6) is 1.27. The fourth-order valence-electron chi connectivity index (χ4n) is 1.41. The molecular formula is C13H12O4S. The molecule has 0 spiro atoms. The van der Waals surface area contributed by atoms with Crippen molar-refractivity contribution in [1.82, 2.24) is 0 Å². The molecule has 0 aliphatic carbocycles. The molecule has 2 aromatic carbocycles. The second-order valence-corrected chi connectivity index (χ2v) is 5.86. The lowest BCUT2D eigenvalue weighted by Gasteiger charge is -2.06. The van der Waals surface area contributed by atoms with Gasteiger partial charge in [0.15, 0.2) is 9.84 Å². The molecule has 4 nitrogen and oxygen atoms in total. The summed E-state index contributed by atoms with van der Waals surface area (Å²) in [6, 6.07) is 12.4. The quantitative estimate of drug-likeness (QED) is 0.925. The van der Waals surface area contributed by atoms with E-state index in [1.807, 2.05) is 0 Å². The van der Waals surface area contributed by atoms with Crippen LogP contribution >= 0.6 is 0 Å². The van der Waals surface area contributed by atoms with E-state index in [1.165, 1.54) is 24.3 Å². The van der Waals surface area contributed by atoms with Crippen LogP contribution in [-0.4, -0.2) is 19.8 Å². The Morgan fingerprint density at radius 3 is 1.78 bits per heavy atom. The second kappa shape index (κ2) is 4.70. The predicted molar refractivity (Wildman–Crippen MR) is 67.7 cm³/mol. The third kappa shape index (κ3) is 3.01. The summed E-state index contributed by atoms with van der Waals surface area (Å²) in [5.41, 5.74) is 0. The molecule has 2 aromatic rings. The van der Waals surface area contributed by atoms with Gasteiger partial charge in [0.2, 0.25) is 0 Å². The van der Waals surface area contributed by atoms with Crippen molar-refractivity contribution >= 4 is 9.84 Å². The fraction of sp³-hybridized carbons (Fsp3) is 0.0769. The smallest absolute Gasteiger partial charge is 0.175 e. The van der Waals surface area contributed by atoms with E-state index in [0.29, 0.717) is 11.5 Å². The van der Waals surface area contributed by atoms with Crippen molar-refractivity contribution in [2.75, 3.05) is 6.26 Å². The van der Waals surface area contributed by atoms with Crippen molar-refractivity contribution in [2.24, 2.45) is 0 Å². The van der Waals surface area contributed by atoms with Gasteiger partial charge in [-0.1, -0.05) is 0 Å². The molecule has 1 N–H and O–H groups in total. The normalized spacial score (nSPS) is 11.2. The Kier molecular flexibility index (Phi) is 3.25. The average Bonchev–Trinajstić information content (AvgIpc) is 2.32. The lowest BCUT2D eigenvalue weighted by atomic mass is 10.3. The van der Waals surface area contributed by atoms with Gasteiger partial charge in [-0.2, -0.15) is 0 Å². The van der Waals surface area contributed by atoms with Crippen LogP contribution in [0.4, 0.5) is 0 Å². The number of benzene rings is 2. The first-order valence-corrected chi connectivity index (χ1v) is 7.11. The summed E-state index contributed by atoms with van der Waals surface area (Å²) < 4.78 is 28.0. The van der Waals surface area contributed by atoms with Gasteiger partial charge >= 0.3 is 0 Å². The van der Waals surface area contributed by atoms with Crippen molar-refractivity contribution in [2.45, 2.75) is 4.90 Å². The summed E-state index contributed by atoms with van der Waals surface area (Å²) in [6.45, 7) is 0. The van der Waals surface area contributed by atoms with E-state index < -0.39 is 9.84 Å². The van der Waals surface area contributed by atoms with Crippen LogP contribution in [0.3, 0.4) is 0 Å². The topological polar surface area (TPSA) is 63.6 Å². The van der Waals surface area contributed by atoms with E-state index in [2.05, 4.69) is 0 Å². The Morgan fingerprint density at radius 2 is 1.33 bits per heavy atom. The molecular weight excluding hydrogens is 252 g/mol. The van der Waals surface area contributed by atoms with E-state index in [1.54, 1.807) is 24.3 Å². The van der Waals surface area contributed by atoms with Crippen LogP contribution in [0.25, 0.3) is 0 Å². The SMILES string of the molecule is CS(=O)(=O)c1ccc(Oc2ccc(O)cc2)cc1. The Morgan fingerprint density at radius 1 is 0.889 bits per heavy atom. The van der Waals surface area contributed by atoms with Gasteiger partial charge in [-0.15, -0.1) is 0 Å². The number of phenolic OH excluding ortho intramolecular Hbond substituents is 1. The maximum Gasteiger partial charge on any atom is 0.175 e. The first kappa shape index (κ1) is 12.4. The molecule has 2 rings (SSSR count). The van der Waals surface area contributed by atoms with Crippen LogP contribution in [-0.2, 0) is 9.84 Å². The van der Waals surface area contributed by atoms with Gasteiger partial charge in [0.05, 0.1) is 4.90 Å². The predicted octanol–water partition coefficient (Wildman–Crippen LogP) is 2.59. The van der Waals surface area contributed by atoms with Crippen LogP contribution in [0.5, 0.6) is 17.2 Å². The number of hydrogen-bond donors (Lipinski definition) is 1. The Labute approximate surface area is 105 Å². The van der Waals surface area contributed by atoms with Crippen molar-refractivity contribution in [1.29, 1.82) is 0 Å². The first-order valence-electron chi connectivity index (χ1n) is 5.22. The van der Waals surface area contributed by atoms with E-state index in [-0.39, 0.29) is 10.6 Å². The van der Waals surface area contributed by atoms with E-state index >= 15 is 0 Å². The molecule has 0 atom stereocenters. The fourth-order valence-corrected chi connectivity index (χ4v) is 2.04. The number of rotatable bonds is 3. The highest BCUT2D eigenvalue weighted by Crippen LogP contribution is 2.24. The minimum atomic E-state index is -3.19. The van der Waals surface area contributed by atoms with Crippen molar-refractivity contribution in [3.05, 3.63) is 48.5 Å². The van der Waals surface area contributed by atoms with Gasteiger partial charge in [-0.25, -0.2) is 8.42 Å². The maximum absolute atomic E-state index is 11.3.